The fourth-order valence-corrected chi connectivity index (χ4v) is 1.92. The summed E-state index contributed by atoms with van der Waals surface area (Å²) in [6.07, 6.45) is 1.59. The Hall–Kier alpha value is -3.09. The maximum Gasteiger partial charge on any atom is 0.372 e. The largest absolute Gasteiger partial charge is 0.508 e. The van der Waals surface area contributed by atoms with Gasteiger partial charge in [-0.15, -0.1) is 0 Å². The molecule has 3 aromatic rings. The normalized spacial score (nSPS) is 10.6. The third kappa shape index (κ3) is 2.01. The zero-order valence-electron chi connectivity index (χ0n) is 10.2. The highest BCUT2D eigenvalue weighted by atomic mass is 16.6. The van der Waals surface area contributed by atoms with Crippen molar-refractivity contribution in [1.82, 2.24) is 9.38 Å². The number of nitrogens with one attached hydrogen (secondary N) is 1. The molecule has 3 rings (SSSR count). The molecule has 1 aromatic carbocycles. The van der Waals surface area contributed by atoms with Crippen LogP contribution in [0.3, 0.4) is 0 Å². The van der Waals surface area contributed by atoms with Gasteiger partial charge < -0.3 is 20.5 Å². The Morgan fingerprint density at radius 3 is 2.65 bits per heavy atom. The maximum absolute atomic E-state index is 11.2. The molecule has 7 heteroatoms. The lowest BCUT2D eigenvalue weighted by Gasteiger charge is -2.03. The average molecular weight is 270 g/mol. The van der Waals surface area contributed by atoms with Gasteiger partial charge in [0.05, 0.1) is 6.20 Å². The number of phenols is 1. The maximum atomic E-state index is 11.2. The fraction of sp³-hybridized carbons (Fsp3) is 0. The smallest absolute Gasteiger partial charge is 0.372 e. The lowest BCUT2D eigenvalue weighted by molar-refractivity contribution is -0.389. The minimum absolute atomic E-state index is 0.125. The van der Waals surface area contributed by atoms with Crippen LogP contribution < -0.4 is 5.32 Å². The molecule has 0 aliphatic heterocycles. The van der Waals surface area contributed by atoms with Crippen LogP contribution in [0.1, 0.15) is 0 Å². The molecule has 0 radical (unpaired) electrons. The lowest BCUT2D eigenvalue weighted by atomic mass is 10.3. The molecule has 2 heterocycles. The highest BCUT2D eigenvalue weighted by molar-refractivity contribution is 5.68. The molecule has 0 saturated heterocycles. The fourth-order valence-electron chi connectivity index (χ4n) is 1.92. The lowest BCUT2D eigenvalue weighted by Crippen LogP contribution is -1.98. The highest BCUT2D eigenvalue weighted by Gasteiger charge is 2.22. The number of anilines is 2. The van der Waals surface area contributed by atoms with Crippen LogP contribution in [0.5, 0.6) is 5.75 Å². The molecular formula is C13H10N4O3. The van der Waals surface area contributed by atoms with Crippen LogP contribution in [0.15, 0.2) is 48.7 Å². The Morgan fingerprint density at radius 1 is 1.20 bits per heavy atom. The zero-order valence-corrected chi connectivity index (χ0v) is 10.2. The van der Waals surface area contributed by atoms with Gasteiger partial charge in [0.2, 0.25) is 11.5 Å². The molecule has 20 heavy (non-hydrogen) atoms. The summed E-state index contributed by atoms with van der Waals surface area (Å²) in [5.74, 6) is 0.153. The number of pyridine rings is 1. The predicted octanol–water partition coefficient (Wildman–Crippen LogP) is 2.69. The summed E-state index contributed by atoms with van der Waals surface area (Å²) in [4.78, 5) is 14.9. The second kappa shape index (κ2) is 4.54. The van der Waals surface area contributed by atoms with Gasteiger partial charge in [0, 0.05) is 11.8 Å². The van der Waals surface area contributed by atoms with Gasteiger partial charge in [-0.05, 0) is 35.3 Å². The number of imidazole rings is 1. The van der Waals surface area contributed by atoms with Gasteiger partial charge in [-0.25, -0.2) is 0 Å². The summed E-state index contributed by atoms with van der Waals surface area (Å²) in [6, 6.07) is 11.4. The average Bonchev–Trinajstić information content (AvgIpc) is 2.79. The summed E-state index contributed by atoms with van der Waals surface area (Å²) >= 11 is 0. The molecule has 0 aliphatic rings. The second-order valence-electron chi connectivity index (χ2n) is 4.14. The van der Waals surface area contributed by atoms with E-state index < -0.39 is 4.92 Å². The van der Waals surface area contributed by atoms with Crippen LogP contribution in [0.4, 0.5) is 17.3 Å². The van der Waals surface area contributed by atoms with Crippen molar-refractivity contribution in [3.63, 3.8) is 0 Å². The SMILES string of the molecule is O=[N+]([O-])c1c(Nc2ccc(O)cc2)nc2ccccn12. The molecule has 0 saturated carbocycles. The van der Waals surface area contributed by atoms with Crippen LogP contribution in [-0.4, -0.2) is 19.4 Å². The number of hydrogen-bond acceptors (Lipinski definition) is 5. The molecule has 0 unspecified atom stereocenters. The minimum Gasteiger partial charge on any atom is -0.508 e. The summed E-state index contributed by atoms with van der Waals surface area (Å²) in [5, 5.41) is 23.3. The van der Waals surface area contributed by atoms with Crippen molar-refractivity contribution in [3.05, 3.63) is 58.8 Å². The molecule has 0 amide bonds. The van der Waals surface area contributed by atoms with Crippen LogP contribution in [-0.2, 0) is 0 Å². The van der Waals surface area contributed by atoms with E-state index in [-0.39, 0.29) is 17.4 Å². The number of nitro groups is 1. The summed E-state index contributed by atoms with van der Waals surface area (Å²) in [6.45, 7) is 0. The van der Waals surface area contributed by atoms with Crippen molar-refractivity contribution >= 4 is 23.0 Å². The number of nitrogens with zero attached hydrogens (tertiary/aromatic N) is 3. The van der Waals surface area contributed by atoms with Crippen molar-refractivity contribution < 1.29 is 10.0 Å². The molecule has 0 bridgehead atoms. The number of fused-ring (bicyclic) bond motifs is 1. The van der Waals surface area contributed by atoms with Gasteiger partial charge in [-0.2, -0.15) is 9.38 Å². The van der Waals surface area contributed by atoms with Crippen LogP contribution in [0, 0.1) is 10.1 Å². The van der Waals surface area contributed by atoms with E-state index in [0.29, 0.717) is 11.3 Å². The molecule has 0 aliphatic carbocycles. The first kappa shape index (κ1) is 12.0. The van der Waals surface area contributed by atoms with Gasteiger partial charge in [-0.1, -0.05) is 6.07 Å². The molecule has 100 valence electrons. The standard InChI is InChI=1S/C13H10N4O3/c18-10-6-4-9(5-7-10)14-12-13(17(19)20)16-8-2-1-3-11(16)15-12/h1-8,14,18H. The Balaban J connectivity index is 2.08. The number of aromatic hydroxyl groups is 1. The van der Waals surface area contributed by atoms with E-state index >= 15 is 0 Å². The van der Waals surface area contributed by atoms with E-state index in [9.17, 15) is 15.2 Å². The summed E-state index contributed by atoms with van der Waals surface area (Å²) < 4.78 is 1.41. The third-order valence-corrected chi connectivity index (χ3v) is 2.81. The Labute approximate surface area is 113 Å². The predicted molar refractivity (Wildman–Crippen MR) is 73.2 cm³/mol. The third-order valence-electron chi connectivity index (χ3n) is 2.81. The molecule has 0 fully saturated rings. The summed E-state index contributed by atoms with van der Waals surface area (Å²) in [5.41, 5.74) is 1.09. The van der Waals surface area contributed by atoms with Gasteiger partial charge in [0.25, 0.3) is 0 Å². The minimum atomic E-state index is -0.483. The van der Waals surface area contributed by atoms with E-state index in [1.165, 1.54) is 16.5 Å². The van der Waals surface area contributed by atoms with E-state index in [0.717, 1.165) is 0 Å². The van der Waals surface area contributed by atoms with Crippen molar-refractivity contribution in [3.8, 4) is 5.75 Å². The van der Waals surface area contributed by atoms with E-state index in [2.05, 4.69) is 10.3 Å². The molecular weight excluding hydrogens is 260 g/mol. The number of benzene rings is 1. The zero-order chi connectivity index (χ0) is 14.1. The summed E-state index contributed by atoms with van der Waals surface area (Å²) in [7, 11) is 0. The quantitative estimate of drug-likeness (QED) is 0.433. The number of hydrogen-bond donors (Lipinski definition) is 2. The first-order valence-corrected chi connectivity index (χ1v) is 5.83. The molecule has 0 atom stereocenters. The molecule has 2 aromatic heterocycles. The van der Waals surface area contributed by atoms with Crippen molar-refractivity contribution in [2.24, 2.45) is 0 Å². The number of aromatic nitrogens is 2. The Kier molecular flexibility index (Phi) is 2.72. The monoisotopic (exact) mass is 270 g/mol. The van der Waals surface area contributed by atoms with Crippen molar-refractivity contribution in [2.75, 3.05) is 5.32 Å². The van der Waals surface area contributed by atoms with Gasteiger partial charge in [0.15, 0.2) is 0 Å². The van der Waals surface area contributed by atoms with Crippen molar-refractivity contribution in [1.29, 1.82) is 0 Å². The van der Waals surface area contributed by atoms with Crippen LogP contribution >= 0.6 is 0 Å². The molecule has 2 N–H and O–H groups in total. The van der Waals surface area contributed by atoms with Gasteiger partial charge >= 0.3 is 5.82 Å². The first-order valence-electron chi connectivity index (χ1n) is 5.83. The van der Waals surface area contributed by atoms with E-state index in [1.807, 2.05) is 0 Å². The second-order valence-corrected chi connectivity index (χ2v) is 4.14. The Morgan fingerprint density at radius 2 is 1.95 bits per heavy atom. The molecule has 0 spiro atoms. The van der Waals surface area contributed by atoms with Crippen LogP contribution in [0.25, 0.3) is 5.65 Å². The first-order chi connectivity index (χ1) is 9.65. The van der Waals surface area contributed by atoms with Crippen molar-refractivity contribution in [2.45, 2.75) is 0 Å². The van der Waals surface area contributed by atoms with E-state index in [1.54, 1.807) is 36.5 Å². The highest BCUT2D eigenvalue weighted by Crippen LogP contribution is 2.28. The number of phenolic OH excluding ortho intramolecular Hbond substituents is 1. The molecule has 7 nitrogen and oxygen atoms in total. The topological polar surface area (TPSA) is 92.7 Å². The Bertz CT molecular complexity index is 780. The van der Waals surface area contributed by atoms with Gasteiger partial charge in [-0.3, -0.25) is 0 Å². The number of rotatable bonds is 3. The van der Waals surface area contributed by atoms with Gasteiger partial charge in [0.1, 0.15) is 5.75 Å². The van der Waals surface area contributed by atoms with E-state index in [4.69, 9.17) is 0 Å². The van der Waals surface area contributed by atoms with Crippen LogP contribution in [0.2, 0.25) is 0 Å².